The fraction of sp³-hybridized carbons (Fsp3) is 0.588. The summed E-state index contributed by atoms with van der Waals surface area (Å²) in [6, 6.07) is 6.53. The molecule has 2 aliphatic heterocycles. The van der Waals surface area contributed by atoms with Gasteiger partial charge in [-0.05, 0) is 55.7 Å². The van der Waals surface area contributed by atoms with Gasteiger partial charge in [0, 0.05) is 37.9 Å². The van der Waals surface area contributed by atoms with E-state index in [0.29, 0.717) is 11.5 Å². The molecule has 0 aromatic heterocycles. The van der Waals surface area contributed by atoms with Crippen molar-refractivity contribution in [2.24, 2.45) is 0 Å². The van der Waals surface area contributed by atoms with Gasteiger partial charge in [0.2, 0.25) is 0 Å². The summed E-state index contributed by atoms with van der Waals surface area (Å²) in [5.74, 6) is 0.656. The van der Waals surface area contributed by atoms with Crippen molar-refractivity contribution in [2.75, 3.05) is 43.0 Å². The molecule has 0 unspecified atom stereocenters. The second kappa shape index (κ2) is 6.98. The highest BCUT2D eigenvalue weighted by molar-refractivity contribution is 7.91. The monoisotopic (exact) mass is 367 g/mol. The van der Waals surface area contributed by atoms with Gasteiger partial charge in [0.05, 0.1) is 11.5 Å². The van der Waals surface area contributed by atoms with Gasteiger partial charge in [-0.25, -0.2) is 8.42 Å². The van der Waals surface area contributed by atoms with Crippen molar-refractivity contribution in [2.45, 2.75) is 26.3 Å². The zero-order valence-corrected chi connectivity index (χ0v) is 15.9. The molecule has 0 aliphatic carbocycles. The van der Waals surface area contributed by atoms with E-state index in [9.17, 15) is 8.42 Å². The summed E-state index contributed by atoms with van der Waals surface area (Å²) in [7, 11) is -2.82. The van der Waals surface area contributed by atoms with Crippen LogP contribution in [0, 0.1) is 13.8 Å². The van der Waals surface area contributed by atoms with Gasteiger partial charge < -0.3 is 10.2 Å². The molecule has 2 fully saturated rings. The maximum Gasteiger partial charge on any atom is 0.173 e. The van der Waals surface area contributed by atoms with Gasteiger partial charge >= 0.3 is 0 Å². The Kier molecular flexibility index (Phi) is 5.13. The molecule has 0 spiro atoms. The molecule has 132 valence electrons. The van der Waals surface area contributed by atoms with E-state index < -0.39 is 9.84 Å². The number of nitrogens with one attached hydrogen (secondary N) is 1. The summed E-state index contributed by atoms with van der Waals surface area (Å²) in [5.41, 5.74) is 3.46. The van der Waals surface area contributed by atoms with Crippen molar-refractivity contribution >= 4 is 32.9 Å². The molecular weight excluding hydrogens is 342 g/mol. The predicted molar refractivity (Wildman–Crippen MR) is 102 cm³/mol. The number of aryl methyl sites for hydroxylation is 2. The molecule has 2 saturated heterocycles. The Bertz CT molecular complexity index is 705. The highest BCUT2D eigenvalue weighted by atomic mass is 32.2. The Morgan fingerprint density at radius 1 is 1.12 bits per heavy atom. The Morgan fingerprint density at radius 2 is 1.75 bits per heavy atom. The standard InChI is InChI=1S/C17H25N3O2S2/c1-13-9-14(2)11-15(10-13)18-17(23)20-6-4-19(5-7-20)16-3-8-24(21,22)12-16/h9-11,16H,3-8,12H2,1-2H3,(H,18,23)/t16-/m1/s1. The van der Waals surface area contributed by atoms with Crippen LogP contribution in [0.15, 0.2) is 18.2 Å². The van der Waals surface area contributed by atoms with Crippen LogP contribution in [-0.4, -0.2) is 67.1 Å². The molecule has 0 saturated carbocycles. The summed E-state index contributed by atoms with van der Waals surface area (Å²) in [6.45, 7) is 7.58. The lowest BCUT2D eigenvalue weighted by molar-refractivity contribution is 0.144. The molecule has 0 bridgehead atoms. The van der Waals surface area contributed by atoms with Gasteiger partial charge in [-0.3, -0.25) is 4.90 Å². The first-order valence-corrected chi connectivity index (χ1v) is 10.6. The molecule has 1 N–H and O–H groups in total. The van der Waals surface area contributed by atoms with Crippen molar-refractivity contribution in [3.63, 3.8) is 0 Å². The van der Waals surface area contributed by atoms with Gasteiger partial charge in [-0.15, -0.1) is 0 Å². The normalized spacial score (nSPS) is 24.1. The second-order valence-corrected chi connectivity index (χ2v) is 9.50. The van der Waals surface area contributed by atoms with E-state index in [1.165, 1.54) is 11.1 Å². The molecule has 2 heterocycles. The quantitative estimate of drug-likeness (QED) is 0.805. The lowest BCUT2D eigenvalue weighted by Crippen LogP contribution is -2.53. The summed E-state index contributed by atoms with van der Waals surface area (Å²) < 4.78 is 23.3. The van der Waals surface area contributed by atoms with E-state index in [2.05, 4.69) is 47.2 Å². The van der Waals surface area contributed by atoms with Crippen LogP contribution in [0.3, 0.4) is 0 Å². The minimum Gasteiger partial charge on any atom is -0.346 e. The van der Waals surface area contributed by atoms with Gasteiger partial charge in [0.15, 0.2) is 14.9 Å². The maximum atomic E-state index is 11.6. The number of anilines is 1. The lowest BCUT2D eigenvalue weighted by atomic mass is 10.1. The Labute approximate surface area is 149 Å². The van der Waals surface area contributed by atoms with Gasteiger partial charge in [-0.2, -0.15) is 0 Å². The van der Waals surface area contributed by atoms with Crippen molar-refractivity contribution in [1.82, 2.24) is 9.80 Å². The summed E-state index contributed by atoms with van der Waals surface area (Å²) >= 11 is 5.55. The first-order valence-electron chi connectivity index (χ1n) is 8.41. The second-order valence-electron chi connectivity index (χ2n) is 6.89. The van der Waals surface area contributed by atoms with Crippen molar-refractivity contribution in [3.05, 3.63) is 29.3 Å². The van der Waals surface area contributed by atoms with Crippen LogP contribution >= 0.6 is 12.2 Å². The highest BCUT2D eigenvalue weighted by Crippen LogP contribution is 2.20. The third kappa shape index (κ3) is 4.26. The molecule has 0 amide bonds. The Balaban J connectivity index is 1.53. The van der Waals surface area contributed by atoms with Crippen molar-refractivity contribution < 1.29 is 8.42 Å². The zero-order valence-electron chi connectivity index (χ0n) is 14.3. The number of piperazine rings is 1. The molecule has 2 aliphatic rings. The first-order chi connectivity index (χ1) is 11.3. The third-order valence-electron chi connectivity index (χ3n) is 4.80. The van der Waals surface area contributed by atoms with Crippen LogP contribution in [0.4, 0.5) is 5.69 Å². The number of hydrogen-bond donors (Lipinski definition) is 1. The van der Waals surface area contributed by atoms with Crippen LogP contribution in [0.5, 0.6) is 0 Å². The van der Waals surface area contributed by atoms with Gasteiger partial charge in [0.1, 0.15) is 0 Å². The van der Waals surface area contributed by atoms with Crippen molar-refractivity contribution in [3.8, 4) is 0 Å². The van der Waals surface area contributed by atoms with Crippen LogP contribution < -0.4 is 5.32 Å². The van der Waals surface area contributed by atoms with Gasteiger partial charge in [-0.1, -0.05) is 6.07 Å². The zero-order chi connectivity index (χ0) is 17.3. The fourth-order valence-electron chi connectivity index (χ4n) is 3.60. The molecule has 3 rings (SSSR count). The van der Waals surface area contributed by atoms with Crippen LogP contribution in [0.2, 0.25) is 0 Å². The molecule has 1 atom stereocenters. The van der Waals surface area contributed by atoms with E-state index >= 15 is 0 Å². The molecule has 5 nitrogen and oxygen atoms in total. The summed E-state index contributed by atoms with van der Waals surface area (Å²) in [6.07, 6.45) is 0.771. The molecular formula is C17H25N3O2S2. The third-order valence-corrected chi connectivity index (χ3v) is 6.91. The minimum absolute atomic E-state index is 0.193. The Hall–Kier alpha value is -1.18. The van der Waals surface area contributed by atoms with Crippen LogP contribution in [0.1, 0.15) is 17.5 Å². The average molecular weight is 368 g/mol. The summed E-state index contributed by atoms with van der Waals surface area (Å²) in [5, 5.41) is 4.08. The van der Waals surface area contributed by atoms with E-state index in [0.717, 1.165) is 43.4 Å². The minimum atomic E-state index is -2.82. The van der Waals surface area contributed by atoms with E-state index in [-0.39, 0.29) is 6.04 Å². The lowest BCUT2D eigenvalue weighted by Gasteiger charge is -2.38. The number of benzene rings is 1. The number of sulfone groups is 1. The van der Waals surface area contributed by atoms with Gasteiger partial charge in [0.25, 0.3) is 0 Å². The number of nitrogens with zero attached hydrogens (tertiary/aromatic N) is 2. The smallest absolute Gasteiger partial charge is 0.173 e. The number of rotatable bonds is 2. The average Bonchev–Trinajstić information content (AvgIpc) is 2.86. The predicted octanol–water partition coefficient (Wildman–Crippen LogP) is 1.80. The maximum absolute atomic E-state index is 11.6. The molecule has 1 aromatic rings. The fourth-order valence-corrected chi connectivity index (χ4v) is 5.66. The SMILES string of the molecule is Cc1cc(C)cc(NC(=S)N2CCN([C@@H]3CCS(=O)(=O)C3)CC2)c1. The molecule has 0 radical (unpaired) electrons. The van der Waals surface area contributed by atoms with E-state index in [1.54, 1.807) is 0 Å². The topological polar surface area (TPSA) is 52.6 Å². The van der Waals surface area contributed by atoms with Crippen molar-refractivity contribution in [1.29, 1.82) is 0 Å². The van der Waals surface area contributed by atoms with Crippen LogP contribution in [-0.2, 0) is 9.84 Å². The number of thiocarbonyl (C=S) groups is 1. The Morgan fingerprint density at radius 3 is 2.29 bits per heavy atom. The summed E-state index contributed by atoms with van der Waals surface area (Å²) in [4.78, 5) is 4.48. The first kappa shape index (κ1) is 17.6. The van der Waals surface area contributed by atoms with E-state index in [1.807, 2.05) is 0 Å². The number of hydrogen-bond acceptors (Lipinski definition) is 4. The highest BCUT2D eigenvalue weighted by Gasteiger charge is 2.33. The molecule has 24 heavy (non-hydrogen) atoms. The molecule has 7 heteroatoms. The molecule has 1 aromatic carbocycles. The largest absolute Gasteiger partial charge is 0.346 e. The van der Waals surface area contributed by atoms with Crippen LogP contribution in [0.25, 0.3) is 0 Å². The van der Waals surface area contributed by atoms with E-state index in [4.69, 9.17) is 12.2 Å².